The Bertz CT molecular complexity index is 93.8. The Morgan fingerprint density at radius 2 is 1.89 bits per heavy atom. The van der Waals surface area contributed by atoms with E-state index in [4.69, 9.17) is 15.2 Å². The van der Waals surface area contributed by atoms with Crippen LogP contribution in [0.15, 0.2) is 5.34 Å². The van der Waals surface area contributed by atoms with E-state index in [0.29, 0.717) is 0 Å². The fourth-order valence-corrected chi connectivity index (χ4v) is 0. The molecule has 6 heteroatoms. The summed E-state index contributed by atoms with van der Waals surface area (Å²) in [5.41, 5.74) is 0. The van der Waals surface area contributed by atoms with Crippen LogP contribution in [0.1, 0.15) is 6.92 Å². The lowest BCUT2D eigenvalue weighted by Crippen LogP contribution is -2.07. The molecule has 0 aromatic heterocycles. The monoisotopic (exact) mass is 153 g/mol. The lowest BCUT2D eigenvalue weighted by Gasteiger charge is -1.89. The molecule has 0 spiro atoms. The van der Waals surface area contributed by atoms with Crippen molar-refractivity contribution in [2.45, 2.75) is 13.0 Å². The van der Waals surface area contributed by atoms with Gasteiger partial charge in [-0.3, -0.25) is 4.79 Å². The van der Waals surface area contributed by atoms with E-state index in [1.165, 1.54) is 12.3 Å². The molecule has 0 fully saturated rings. The Labute approximate surface area is 57.0 Å². The number of nitrogens with zero attached hydrogens (tertiary/aromatic N) is 1. The molecule has 0 aromatic rings. The van der Waals surface area contributed by atoms with Crippen LogP contribution >= 0.6 is 12.6 Å². The van der Waals surface area contributed by atoms with E-state index in [2.05, 4.69) is 12.6 Å². The first-order valence-electron chi connectivity index (χ1n) is 1.93. The molecular weight excluding hydrogens is 146 g/mol. The van der Waals surface area contributed by atoms with Gasteiger partial charge in [-0.1, -0.05) is 0 Å². The van der Waals surface area contributed by atoms with E-state index in [1.54, 1.807) is 0 Å². The van der Waals surface area contributed by atoms with Crippen LogP contribution in [0.2, 0.25) is 0 Å². The third-order valence-electron chi connectivity index (χ3n) is 0.357. The number of rotatable bonds is 1. The van der Waals surface area contributed by atoms with E-state index >= 15 is 0 Å². The second kappa shape index (κ2) is 7.38. The Morgan fingerprint density at radius 1 is 1.78 bits per heavy atom. The number of hydrogen-bond acceptors (Lipinski definition) is 4. The van der Waals surface area contributed by atoms with Crippen molar-refractivity contribution >= 4 is 17.7 Å². The number of aliphatic hydroxyl groups is 1. The summed E-state index contributed by atoms with van der Waals surface area (Å²) in [4.78, 5) is 17.9. The van der Waals surface area contributed by atoms with Crippen molar-refractivity contribution in [2.75, 3.05) is 0 Å². The molecule has 0 radical (unpaired) electrons. The first-order chi connectivity index (χ1) is 4.06. The maximum absolute atomic E-state index is 9.76. The maximum atomic E-state index is 9.76. The maximum Gasteiger partial charge on any atom is 0.214 e. The molecule has 0 aliphatic carbocycles. The number of carbonyl (C=O) groups excluding carboxylic acids is 1. The van der Waals surface area contributed by atoms with E-state index in [0.717, 1.165) is 0 Å². The average Bonchev–Trinajstić information content (AvgIpc) is 1.68. The quantitative estimate of drug-likeness (QED) is 0.280. The van der Waals surface area contributed by atoms with Crippen LogP contribution in [0, 0.1) is 4.91 Å². The molecule has 1 atom stereocenters. The molecule has 1 unspecified atom stereocenters. The van der Waals surface area contributed by atoms with Crippen LogP contribution in [0.25, 0.3) is 0 Å². The number of thiol groups is 1. The lowest BCUT2D eigenvalue weighted by atomic mass is 10.5. The Kier molecular flexibility index (Phi) is 9.19. The second-order valence-electron chi connectivity index (χ2n) is 1.10. The molecule has 0 aliphatic heterocycles. The normalized spacial score (nSPS) is 10.6. The van der Waals surface area contributed by atoms with Crippen LogP contribution in [0.3, 0.4) is 0 Å². The Balaban J connectivity index is 0. The van der Waals surface area contributed by atoms with Crippen molar-refractivity contribution < 1.29 is 15.1 Å². The van der Waals surface area contributed by atoms with Gasteiger partial charge in [0.05, 0.1) is 0 Å². The van der Waals surface area contributed by atoms with Crippen LogP contribution < -0.4 is 0 Å². The van der Waals surface area contributed by atoms with Crippen LogP contribution in [0.4, 0.5) is 0 Å². The average molecular weight is 153 g/mol. The van der Waals surface area contributed by atoms with Crippen molar-refractivity contribution in [1.82, 2.24) is 0 Å². The van der Waals surface area contributed by atoms with Gasteiger partial charge < -0.3 is 10.3 Å². The van der Waals surface area contributed by atoms with Gasteiger partial charge in [-0.2, -0.15) is 0 Å². The minimum absolute atomic E-state index is 0.491. The van der Waals surface area contributed by atoms with Crippen LogP contribution in [-0.4, -0.2) is 21.5 Å². The van der Waals surface area contributed by atoms with Gasteiger partial charge in [0.2, 0.25) is 5.12 Å². The molecule has 0 rings (SSSR count). The molecule has 0 aliphatic rings. The Morgan fingerprint density at radius 3 is 1.89 bits per heavy atom. The van der Waals surface area contributed by atoms with E-state index < -0.39 is 11.2 Å². The number of hydrogen-bond donors (Lipinski definition) is 3. The number of carbonyl (C=O) groups is 1. The molecule has 9 heavy (non-hydrogen) atoms. The number of aliphatic hydroxyl groups excluding tert-OH is 1. The Hall–Kier alpha value is -0.620. The zero-order valence-electron chi connectivity index (χ0n) is 4.68. The van der Waals surface area contributed by atoms with E-state index in [-0.39, 0.29) is 0 Å². The zero-order valence-corrected chi connectivity index (χ0v) is 5.58. The first-order valence-corrected chi connectivity index (χ1v) is 2.38. The summed E-state index contributed by atoms with van der Waals surface area (Å²) in [6.07, 6.45) is -0.923. The van der Waals surface area contributed by atoms with Gasteiger partial charge in [0, 0.05) is 0 Å². The molecule has 0 saturated carbocycles. The van der Waals surface area contributed by atoms with Gasteiger partial charge in [-0.15, -0.1) is 17.5 Å². The second-order valence-corrected chi connectivity index (χ2v) is 1.54. The molecule has 2 N–H and O–H groups in total. The van der Waals surface area contributed by atoms with E-state index in [1.807, 2.05) is 0 Å². The molecule has 0 heterocycles. The summed E-state index contributed by atoms with van der Waals surface area (Å²) in [5.74, 6) is 0. The molecule has 0 bridgehead atoms. The van der Waals surface area contributed by atoms with Crippen LogP contribution in [-0.2, 0) is 4.79 Å². The summed E-state index contributed by atoms with van der Waals surface area (Å²) >= 11 is 3.30. The van der Waals surface area contributed by atoms with Gasteiger partial charge in [0.15, 0.2) is 5.34 Å². The summed E-state index contributed by atoms with van der Waals surface area (Å²) < 4.78 is 0. The van der Waals surface area contributed by atoms with Gasteiger partial charge in [-0.05, 0) is 6.92 Å². The van der Waals surface area contributed by atoms with Crippen molar-refractivity contribution in [2.24, 2.45) is 5.34 Å². The van der Waals surface area contributed by atoms with Crippen molar-refractivity contribution in [3.63, 3.8) is 0 Å². The standard InChI is InChI=1S/C3H6O2S.HNO2/c1-2(4)3(5)6;2-1-3/h2,4H,1H3,(H,5,6);(H,2,3). The molecule has 0 saturated heterocycles. The third-order valence-corrected chi connectivity index (χ3v) is 0.731. The minimum Gasteiger partial charge on any atom is -0.385 e. The predicted octanol–water partition coefficient (Wildman–Crippen LogP) is -0.0344. The predicted molar refractivity (Wildman–Crippen MR) is 33.3 cm³/mol. The van der Waals surface area contributed by atoms with Crippen molar-refractivity contribution in [1.29, 1.82) is 0 Å². The largest absolute Gasteiger partial charge is 0.385 e. The minimum atomic E-state index is -0.923. The molecule has 54 valence electrons. The zero-order chi connectivity index (χ0) is 7.86. The van der Waals surface area contributed by atoms with E-state index in [9.17, 15) is 4.79 Å². The topological polar surface area (TPSA) is 87.0 Å². The fraction of sp³-hybridized carbons (Fsp3) is 0.667. The van der Waals surface area contributed by atoms with Gasteiger partial charge >= 0.3 is 0 Å². The summed E-state index contributed by atoms with van der Waals surface area (Å²) in [6, 6.07) is 0. The third kappa shape index (κ3) is 18.7. The van der Waals surface area contributed by atoms with Crippen LogP contribution in [0.5, 0.6) is 0 Å². The highest BCUT2D eigenvalue weighted by atomic mass is 32.1. The summed E-state index contributed by atoms with van der Waals surface area (Å²) in [5, 5.41) is 15.6. The summed E-state index contributed by atoms with van der Waals surface area (Å²) in [7, 11) is 0. The highest BCUT2D eigenvalue weighted by Crippen LogP contribution is 1.84. The fourth-order valence-electron chi connectivity index (χ4n) is 0. The first kappa shape index (κ1) is 11.2. The summed E-state index contributed by atoms with van der Waals surface area (Å²) in [6.45, 7) is 1.37. The molecule has 0 amide bonds. The van der Waals surface area contributed by atoms with Gasteiger partial charge in [0.25, 0.3) is 0 Å². The molecule has 0 aromatic carbocycles. The molecular formula is C3H7NO4S. The highest BCUT2D eigenvalue weighted by Gasteiger charge is 1.98. The van der Waals surface area contributed by atoms with Gasteiger partial charge in [-0.25, -0.2) is 0 Å². The SMILES string of the molecule is CC(O)C(=O)S.O=NO. The smallest absolute Gasteiger partial charge is 0.214 e. The van der Waals surface area contributed by atoms with Crippen molar-refractivity contribution in [3.05, 3.63) is 4.91 Å². The lowest BCUT2D eigenvalue weighted by molar-refractivity contribution is -0.117. The highest BCUT2D eigenvalue weighted by molar-refractivity contribution is 7.96. The molecule has 5 nitrogen and oxygen atoms in total. The van der Waals surface area contributed by atoms with Gasteiger partial charge in [0.1, 0.15) is 6.10 Å². The van der Waals surface area contributed by atoms with Crippen molar-refractivity contribution in [3.8, 4) is 0 Å².